The lowest BCUT2D eigenvalue weighted by Crippen LogP contribution is -2.46. The second-order valence-corrected chi connectivity index (χ2v) is 11.9. The van der Waals surface area contributed by atoms with Crippen LogP contribution >= 0.6 is 0 Å². The van der Waals surface area contributed by atoms with E-state index in [0.29, 0.717) is 27.8 Å². The van der Waals surface area contributed by atoms with Crippen molar-refractivity contribution < 1.29 is 8.78 Å². The van der Waals surface area contributed by atoms with Crippen LogP contribution < -0.4 is 5.32 Å². The number of aromatic nitrogens is 5. The Morgan fingerprint density at radius 3 is 2.39 bits per heavy atom. The van der Waals surface area contributed by atoms with Crippen molar-refractivity contribution >= 4 is 22.8 Å². The third-order valence-corrected chi connectivity index (χ3v) is 9.44. The molecule has 7 rings (SSSR count). The van der Waals surface area contributed by atoms with E-state index in [1.165, 1.54) is 51.4 Å². The van der Waals surface area contributed by atoms with Gasteiger partial charge in [-0.1, -0.05) is 13.0 Å². The first-order chi connectivity index (χ1) is 20.0. The van der Waals surface area contributed by atoms with Gasteiger partial charge in [-0.25, -0.2) is 28.7 Å². The fourth-order valence-corrected chi connectivity index (χ4v) is 6.83. The Hall–Kier alpha value is -3.50. The maximum Gasteiger partial charge on any atom is 0.229 e. The highest BCUT2D eigenvalue weighted by Gasteiger charge is 2.37. The quantitative estimate of drug-likeness (QED) is 0.332. The van der Waals surface area contributed by atoms with Crippen LogP contribution in [-0.2, 0) is 19.5 Å². The Bertz CT molecular complexity index is 1550. The molecule has 1 N–H and O–H groups in total. The van der Waals surface area contributed by atoms with E-state index in [0.717, 1.165) is 56.6 Å². The van der Waals surface area contributed by atoms with Crippen molar-refractivity contribution in [1.82, 2.24) is 34.3 Å². The minimum atomic E-state index is -0.613. The molecule has 10 heteroatoms. The number of aryl methyl sites for hydroxylation is 2. The van der Waals surface area contributed by atoms with Gasteiger partial charge in [0.25, 0.3) is 0 Å². The number of hydrogen-bond donors (Lipinski definition) is 1. The Kier molecular flexibility index (Phi) is 6.90. The standard InChI is InChI=1S/C31H36F2N8/c1-2-39-12-7-31(8-13-39)9-14-40(15-10-31)20-21-5-6-26(34-18-21)36-30-35-19-24(33)28(38-30)22-16-23(32)29-25(17-22)41-11-3-4-27(41)37-29/h5-6,16-19H,2-4,7-15,20H2,1H3,(H,34,35,36,38). The van der Waals surface area contributed by atoms with Crippen LogP contribution in [0.2, 0.25) is 0 Å². The summed E-state index contributed by atoms with van der Waals surface area (Å²) < 4.78 is 31.8. The van der Waals surface area contributed by atoms with E-state index in [2.05, 4.69) is 48.0 Å². The highest BCUT2D eigenvalue weighted by Crippen LogP contribution is 2.41. The molecule has 0 amide bonds. The SMILES string of the molecule is CCN1CCC2(CC1)CCN(Cc1ccc(Nc3ncc(F)c(-c4cc(F)c5nc6n(c5c4)CCC6)n3)nc1)CC2. The van der Waals surface area contributed by atoms with Crippen molar-refractivity contribution in [1.29, 1.82) is 0 Å². The van der Waals surface area contributed by atoms with Gasteiger partial charge < -0.3 is 14.8 Å². The molecule has 2 fully saturated rings. The van der Waals surface area contributed by atoms with E-state index in [1.54, 1.807) is 6.07 Å². The molecule has 1 spiro atoms. The monoisotopic (exact) mass is 558 g/mol. The summed E-state index contributed by atoms with van der Waals surface area (Å²) in [6.07, 6.45) is 10.0. The molecule has 3 aliphatic heterocycles. The van der Waals surface area contributed by atoms with Gasteiger partial charge >= 0.3 is 0 Å². The number of anilines is 2. The van der Waals surface area contributed by atoms with Crippen LogP contribution in [0.3, 0.4) is 0 Å². The van der Waals surface area contributed by atoms with Crippen molar-refractivity contribution in [2.75, 3.05) is 38.0 Å². The van der Waals surface area contributed by atoms with Crippen LogP contribution in [0, 0.1) is 17.0 Å². The molecule has 8 nitrogen and oxygen atoms in total. The van der Waals surface area contributed by atoms with E-state index in [-0.39, 0.29) is 11.6 Å². The molecular weight excluding hydrogens is 522 g/mol. The molecule has 214 valence electrons. The smallest absolute Gasteiger partial charge is 0.229 e. The molecule has 0 bridgehead atoms. The van der Waals surface area contributed by atoms with E-state index in [9.17, 15) is 8.78 Å². The van der Waals surface area contributed by atoms with Crippen molar-refractivity contribution in [3.05, 3.63) is 59.7 Å². The van der Waals surface area contributed by atoms with Gasteiger partial charge in [0.1, 0.15) is 22.9 Å². The van der Waals surface area contributed by atoms with Gasteiger partial charge in [-0.3, -0.25) is 4.90 Å². The Labute approximate surface area is 238 Å². The van der Waals surface area contributed by atoms with Gasteiger partial charge in [-0.2, -0.15) is 0 Å². The predicted octanol–water partition coefficient (Wildman–Crippen LogP) is 5.55. The van der Waals surface area contributed by atoms with Crippen LogP contribution in [-0.4, -0.2) is 67.0 Å². The molecule has 2 saturated heterocycles. The minimum Gasteiger partial charge on any atom is -0.328 e. The number of imidazole rings is 1. The van der Waals surface area contributed by atoms with Crippen molar-refractivity contribution in [2.45, 2.75) is 58.5 Å². The van der Waals surface area contributed by atoms with Crippen molar-refractivity contribution in [2.24, 2.45) is 5.41 Å². The third-order valence-electron chi connectivity index (χ3n) is 9.44. The first-order valence-corrected chi connectivity index (χ1v) is 14.9. The van der Waals surface area contributed by atoms with Gasteiger partial charge in [-0.05, 0) is 94.0 Å². The normalized spacial score (nSPS) is 19.2. The van der Waals surface area contributed by atoms with E-state index in [4.69, 9.17) is 0 Å². The second-order valence-electron chi connectivity index (χ2n) is 11.9. The molecule has 3 aromatic heterocycles. The lowest BCUT2D eigenvalue weighted by atomic mass is 9.71. The van der Waals surface area contributed by atoms with Crippen LogP contribution in [0.5, 0.6) is 0 Å². The lowest BCUT2D eigenvalue weighted by Gasteiger charge is -2.46. The summed E-state index contributed by atoms with van der Waals surface area (Å²) in [6.45, 7) is 9.84. The molecule has 0 unspecified atom stereocenters. The number of nitrogens with one attached hydrogen (secondary N) is 1. The number of fused-ring (bicyclic) bond motifs is 3. The molecule has 41 heavy (non-hydrogen) atoms. The van der Waals surface area contributed by atoms with Gasteiger partial charge in [0.2, 0.25) is 5.95 Å². The minimum absolute atomic E-state index is 0.0386. The summed E-state index contributed by atoms with van der Waals surface area (Å²) in [5.41, 5.74) is 3.08. The maximum atomic E-state index is 14.9. The Morgan fingerprint density at radius 1 is 0.878 bits per heavy atom. The number of rotatable bonds is 6. The number of likely N-dealkylation sites (tertiary alicyclic amines) is 2. The molecule has 1 aromatic carbocycles. The summed E-state index contributed by atoms with van der Waals surface area (Å²) in [5.74, 6) is 0.554. The van der Waals surface area contributed by atoms with Crippen LogP contribution in [0.1, 0.15) is 50.4 Å². The number of piperidine rings is 2. The topological polar surface area (TPSA) is 75.0 Å². The van der Waals surface area contributed by atoms with Gasteiger partial charge in [0, 0.05) is 31.3 Å². The highest BCUT2D eigenvalue weighted by atomic mass is 19.1. The fraction of sp³-hybridized carbons (Fsp3) is 0.484. The average Bonchev–Trinajstić information content (AvgIpc) is 3.60. The summed E-state index contributed by atoms with van der Waals surface area (Å²) in [7, 11) is 0. The third kappa shape index (κ3) is 5.19. The van der Waals surface area contributed by atoms with Gasteiger partial charge in [0.15, 0.2) is 11.6 Å². The van der Waals surface area contributed by atoms with Crippen LogP contribution in [0.15, 0.2) is 36.7 Å². The summed E-state index contributed by atoms with van der Waals surface area (Å²) in [6, 6.07) is 7.02. The van der Waals surface area contributed by atoms with Crippen LogP contribution in [0.4, 0.5) is 20.5 Å². The van der Waals surface area contributed by atoms with E-state index < -0.39 is 11.6 Å². The predicted molar refractivity (Wildman–Crippen MR) is 155 cm³/mol. The van der Waals surface area contributed by atoms with Gasteiger partial charge in [-0.15, -0.1) is 0 Å². The van der Waals surface area contributed by atoms with Crippen molar-refractivity contribution in [3.63, 3.8) is 0 Å². The summed E-state index contributed by atoms with van der Waals surface area (Å²) >= 11 is 0. The Morgan fingerprint density at radius 2 is 1.66 bits per heavy atom. The summed E-state index contributed by atoms with van der Waals surface area (Å²) in [4.78, 5) is 22.6. The summed E-state index contributed by atoms with van der Waals surface area (Å²) in [5, 5.41) is 3.08. The number of nitrogens with zero attached hydrogens (tertiary/aromatic N) is 7. The zero-order chi connectivity index (χ0) is 28.0. The fourth-order valence-electron chi connectivity index (χ4n) is 6.83. The average molecular weight is 559 g/mol. The van der Waals surface area contributed by atoms with Crippen molar-refractivity contribution in [3.8, 4) is 11.3 Å². The number of pyridine rings is 1. The number of halogens is 2. The molecule has 6 heterocycles. The molecular formula is C31H36F2N8. The highest BCUT2D eigenvalue weighted by molar-refractivity contribution is 5.83. The first-order valence-electron chi connectivity index (χ1n) is 14.9. The molecule has 3 aliphatic rings. The number of hydrogen-bond acceptors (Lipinski definition) is 7. The molecule has 0 saturated carbocycles. The molecule has 4 aromatic rings. The molecule has 0 aliphatic carbocycles. The first kappa shape index (κ1) is 26.4. The second kappa shape index (κ2) is 10.7. The lowest BCUT2D eigenvalue weighted by molar-refractivity contribution is 0.0340. The molecule has 0 radical (unpaired) electrons. The van der Waals surface area contributed by atoms with Crippen LogP contribution in [0.25, 0.3) is 22.3 Å². The van der Waals surface area contributed by atoms with Gasteiger partial charge in [0.05, 0.1) is 11.7 Å². The zero-order valence-electron chi connectivity index (χ0n) is 23.5. The maximum absolute atomic E-state index is 14.9. The number of benzene rings is 1. The largest absolute Gasteiger partial charge is 0.328 e. The molecule has 0 atom stereocenters. The zero-order valence-corrected chi connectivity index (χ0v) is 23.5. The van der Waals surface area contributed by atoms with E-state index in [1.807, 2.05) is 16.8 Å². The Balaban J connectivity index is 1.01. The van der Waals surface area contributed by atoms with E-state index >= 15 is 0 Å².